The highest BCUT2D eigenvalue weighted by atomic mass is 16.2. The fraction of sp³-hybridized carbons (Fsp3) is 0.929. The van der Waals surface area contributed by atoms with E-state index in [4.69, 9.17) is 0 Å². The zero-order valence-corrected chi connectivity index (χ0v) is 11.8. The number of hydrogen-bond acceptors (Lipinski definition) is 2. The maximum Gasteiger partial charge on any atom is 0.234 e. The number of amides is 1. The first-order valence-corrected chi connectivity index (χ1v) is 6.99. The van der Waals surface area contributed by atoms with Gasteiger partial charge in [0.2, 0.25) is 5.91 Å². The molecule has 0 spiro atoms. The van der Waals surface area contributed by atoms with Gasteiger partial charge in [0.15, 0.2) is 0 Å². The molecule has 3 nitrogen and oxygen atoms in total. The van der Waals surface area contributed by atoms with Crippen LogP contribution in [0.4, 0.5) is 0 Å². The first-order valence-electron chi connectivity index (χ1n) is 6.99. The quantitative estimate of drug-likeness (QED) is 0.775. The van der Waals surface area contributed by atoms with Gasteiger partial charge in [-0.25, -0.2) is 0 Å². The van der Waals surface area contributed by atoms with Crippen molar-refractivity contribution in [3.05, 3.63) is 0 Å². The van der Waals surface area contributed by atoms with Crippen LogP contribution in [0.3, 0.4) is 0 Å². The first-order chi connectivity index (χ1) is 7.94. The molecule has 1 amide bonds. The minimum Gasteiger partial charge on any atom is -0.350 e. The van der Waals surface area contributed by atoms with Gasteiger partial charge < -0.3 is 10.6 Å². The Morgan fingerprint density at radius 3 is 2.53 bits per heavy atom. The molecule has 0 bridgehead atoms. The van der Waals surface area contributed by atoms with E-state index in [1.807, 2.05) is 0 Å². The Morgan fingerprint density at radius 2 is 1.94 bits per heavy atom. The van der Waals surface area contributed by atoms with Crippen LogP contribution in [-0.2, 0) is 4.79 Å². The van der Waals surface area contributed by atoms with Crippen LogP contribution in [0.25, 0.3) is 0 Å². The summed E-state index contributed by atoms with van der Waals surface area (Å²) in [5.74, 6) is 0.824. The van der Waals surface area contributed by atoms with Crippen molar-refractivity contribution in [2.24, 2.45) is 5.92 Å². The van der Waals surface area contributed by atoms with E-state index < -0.39 is 0 Å². The first kappa shape index (κ1) is 14.5. The van der Waals surface area contributed by atoms with E-state index in [0.717, 1.165) is 6.42 Å². The minimum absolute atomic E-state index is 0.0864. The van der Waals surface area contributed by atoms with Crippen molar-refractivity contribution in [3.63, 3.8) is 0 Å². The Hall–Kier alpha value is -0.570. The largest absolute Gasteiger partial charge is 0.350 e. The summed E-state index contributed by atoms with van der Waals surface area (Å²) in [5, 5.41) is 6.46. The minimum atomic E-state index is -0.0864. The van der Waals surface area contributed by atoms with Crippen molar-refractivity contribution in [1.29, 1.82) is 0 Å². The van der Waals surface area contributed by atoms with E-state index in [-0.39, 0.29) is 11.4 Å². The van der Waals surface area contributed by atoms with Crippen molar-refractivity contribution in [2.75, 3.05) is 6.54 Å². The van der Waals surface area contributed by atoms with E-state index >= 15 is 0 Å². The smallest absolute Gasteiger partial charge is 0.234 e. The molecule has 1 aliphatic carbocycles. The second-order valence-corrected chi connectivity index (χ2v) is 6.03. The zero-order valence-electron chi connectivity index (χ0n) is 11.8. The lowest BCUT2D eigenvalue weighted by atomic mass is 9.86. The standard InChI is InChI=1S/C14H28N2O/c1-5-14(3,4)16-13(17)10-15-12-9-7-6-8-11(12)2/h11-12,15H,5-10H2,1-4H3,(H,16,17). The van der Waals surface area contributed by atoms with Crippen LogP contribution in [-0.4, -0.2) is 24.0 Å². The molecule has 0 aromatic carbocycles. The molecule has 1 rings (SSSR count). The van der Waals surface area contributed by atoms with Crippen molar-refractivity contribution in [1.82, 2.24) is 10.6 Å². The number of hydrogen-bond donors (Lipinski definition) is 2. The van der Waals surface area contributed by atoms with Gasteiger partial charge in [-0.05, 0) is 39.0 Å². The summed E-state index contributed by atoms with van der Waals surface area (Å²) in [7, 11) is 0. The Labute approximate surface area is 106 Å². The predicted octanol–water partition coefficient (Wildman–Crippen LogP) is 2.46. The molecule has 2 N–H and O–H groups in total. The fourth-order valence-electron chi connectivity index (χ4n) is 2.35. The summed E-state index contributed by atoms with van der Waals surface area (Å²) in [6, 6.07) is 0.527. The van der Waals surface area contributed by atoms with E-state index in [1.165, 1.54) is 25.7 Å². The van der Waals surface area contributed by atoms with Crippen LogP contribution in [0.5, 0.6) is 0 Å². The van der Waals surface area contributed by atoms with Crippen LogP contribution in [0, 0.1) is 5.92 Å². The third-order valence-electron chi connectivity index (χ3n) is 4.00. The van der Waals surface area contributed by atoms with Crippen LogP contribution >= 0.6 is 0 Å². The lowest BCUT2D eigenvalue weighted by molar-refractivity contribution is -0.122. The van der Waals surface area contributed by atoms with Crippen LogP contribution < -0.4 is 10.6 Å². The van der Waals surface area contributed by atoms with Crippen molar-refractivity contribution < 1.29 is 4.79 Å². The van der Waals surface area contributed by atoms with Crippen LogP contribution in [0.2, 0.25) is 0 Å². The number of carbonyl (C=O) groups excluding carboxylic acids is 1. The summed E-state index contributed by atoms with van der Waals surface area (Å²) in [5.41, 5.74) is -0.0864. The highest BCUT2D eigenvalue weighted by Gasteiger charge is 2.22. The molecule has 0 aliphatic heterocycles. The average Bonchev–Trinajstić information content (AvgIpc) is 2.27. The van der Waals surface area contributed by atoms with Gasteiger partial charge in [0, 0.05) is 11.6 Å². The maximum absolute atomic E-state index is 11.8. The van der Waals surface area contributed by atoms with Gasteiger partial charge in [0.1, 0.15) is 0 Å². The number of rotatable bonds is 5. The second kappa shape index (κ2) is 6.39. The van der Waals surface area contributed by atoms with Crippen molar-refractivity contribution in [2.45, 2.75) is 71.4 Å². The summed E-state index contributed by atoms with van der Waals surface area (Å²) in [4.78, 5) is 11.8. The maximum atomic E-state index is 11.8. The van der Waals surface area contributed by atoms with E-state index in [9.17, 15) is 4.79 Å². The third-order valence-corrected chi connectivity index (χ3v) is 4.00. The Kier molecular flexibility index (Phi) is 5.44. The highest BCUT2D eigenvalue weighted by Crippen LogP contribution is 2.23. The van der Waals surface area contributed by atoms with Gasteiger partial charge in [-0.2, -0.15) is 0 Å². The topological polar surface area (TPSA) is 41.1 Å². The molecule has 0 aromatic rings. The molecule has 0 saturated heterocycles. The molecular weight excluding hydrogens is 212 g/mol. The molecular formula is C14H28N2O. The second-order valence-electron chi connectivity index (χ2n) is 6.03. The SMILES string of the molecule is CCC(C)(C)NC(=O)CNC1CCCCC1C. The van der Waals surface area contributed by atoms with Crippen molar-refractivity contribution in [3.8, 4) is 0 Å². The normalized spacial score (nSPS) is 25.6. The molecule has 17 heavy (non-hydrogen) atoms. The zero-order chi connectivity index (χ0) is 12.9. The number of nitrogens with one attached hydrogen (secondary N) is 2. The average molecular weight is 240 g/mol. The molecule has 1 saturated carbocycles. The molecule has 0 aromatic heterocycles. The molecule has 1 fully saturated rings. The van der Waals surface area contributed by atoms with E-state index in [1.54, 1.807) is 0 Å². The molecule has 100 valence electrons. The predicted molar refractivity (Wildman–Crippen MR) is 71.9 cm³/mol. The summed E-state index contributed by atoms with van der Waals surface area (Å²) >= 11 is 0. The molecule has 0 radical (unpaired) electrons. The molecule has 2 unspecified atom stereocenters. The van der Waals surface area contributed by atoms with Gasteiger partial charge in [-0.3, -0.25) is 4.79 Å². The molecule has 3 heteroatoms. The van der Waals surface area contributed by atoms with Gasteiger partial charge >= 0.3 is 0 Å². The Morgan fingerprint density at radius 1 is 1.29 bits per heavy atom. The summed E-state index contributed by atoms with van der Waals surface area (Å²) < 4.78 is 0. The van der Waals surface area contributed by atoms with Gasteiger partial charge in [-0.15, -0.1) is 0 Å². The number of carbonyl (C=O) groups is 1. The summed E-state index contributed by atoms with van der Waals surface area (Å²) in [6.07, 6.45) is 6.10. The fourth-order valence-corrected chi connectivity index (χ4v) is 2.35. The highest BCUT2D eigenvalue weighted by molar-refractivity contribution is 5.78. The van der Waals surface area contributed by atoms with Crippen LogP contribution in [0.1, 0.15) is 59.8 Å². The lowest BCUT2D eigenvalue weighted by Gasteiger charge is -2.30. The summed E-state index contributed by atoms with van der Waals surface area (Å²) in [6.45, 7) is 8.96. The molecule has 1 aliphatic rings. The van der Waals surface area contributed by atoms with Crippen LogP contribution in [0.15, 0.2) is 0 Å². The molecule has 0 heterocycles. The van der Waals surface area contributed by atoms with Gasteiger partial charge in [-0.1, -0.05) is 26.7 Å². The van der Waals surface area contributed by atoms with Gasteiger partial charge in [0.25, 0.3) is 0 Å². The molecule has 2 atom stereocenters. The van der Waals surface area contributed by atoms with E-state index in [0.29, 0.717) is 18.5 Å². The third kappa shape index (κ3) is 5.07. The van der Waals surface area contributed by atoms with E-state index in [2.05, 4.69) is 38.3 Å². The van der Waals surface area contributed by atoms with Gasteiger partial charge in [0.05, 0.1) is 6.54 Å². The Balaban J connectivity index is 2.27. The monoisotopic (exact) mass is 240 g/mol. The lowest BCUT2D eigenvalue weighted by Crippen LogP contribution is -2.49. The van der Waals surface area contributed by atoms with Crippen molar-refractivity contribution >= 4 is 5.91 Å². The Bertz CT molecular complexity index is 251.